The van der Waals surface area contributed by atoms with Crippen LogP contribution >= 0.6 is 50.1 Å². The molecule has 0 unspecified atom stereocenters. The molecule has 1 N–H and O–H groups in total. The van der Waals surface area contributed by atoms with Gasteiger partial charge in [0.15, 0.2) is 0 Å². The van der Waals surface area contributed by atoms with Gasteiger partial charge in [-0.25, -0.2) is 0 Å². The molecule has 0 aliphatic rings. The van der Waals surface area contributed by atoms with Gasteiger partial charge < -0.3 is 5.32 Å². The predicted octanol–water partition coefficient (Wildman–Crippen LogP) is 4.96. The molecule has 1 amide bonds. The zero-order chi connectivity index (χ0) is 13.1. The van der Waals surface area contributed by atoms with E-state index in [1.807, 2.05) is 24.3 Å². The zero-order valence-electron chi connectivity index (χ0n) is 9.08. The molecule has 0 atom stereocenters. The lowest BCUT2D eigenvalue weighted by Crippen LogP contribution is -2.12. The van der Waals surface area contributed by atoms with Gasteiger partial charge in [0, 0.05) is 13.6 Å². The average molecular weight is 436 g/mol. The molecule has 0 spiro atoms. The molecule has 2 aromatic carbocycles. The first-order valence-electron chi connectivity index (χ1n) is 5.08. The Morgan fingerprint density at radius 1 is 1.22 bits per heavy atom. The van der Waals surface area contributed by atoms with Gasteiger partial charge >= 0.3 is 0 Å². The van der Waals surface area contributed by atoms with E-state index in [1.54, 1.807) is 18.2 Å². The summed E-state index contributed by atoms with van der Waals surface area (Å²) in [7, 11) is 0. The second-order valence-electron chi connectivity index (χ2n) is 3.59. The summed E-state index contributed by atoms with van der Waals surface area (Å²) in [5.41, 5.74) is 1.20. The highest BCUT2D eigenvalue weighted by Crippen LogP contribution is 2.26. The second-order valence-corrected chi connectivity index (χ2v) is 6.16. The highest BCUT2D eigenvalue weighted by Gasteiger charge is 2.09. The summed E-state index contributed by atoms with van der Waals surface area (Å²) in [6.45, 7) is 0. The van der Waals surface area contributed by atoms with Crippen LogP contribution in [0.5, 0.6) is 0 Å². The third-order valence-electron chi connectivity index (χ3n) is 2.26. The first-order valence-corrected chi connectivity index (χ1v) is 7.33. The molecule has 0 saturated carbocycles. The van der Waals surface area contributed by atoms with Crippen molar-refractivity contribution in [1.29, 1.82) is 0 Å². The first-order chi connectivity index (χ1) is 8.56. The molecule has 92 valence electrons. The Balaban J connectivity index is 2.24. The number of anilines is 1. The molecule has 0 fully saturated rings. The van der Waals surface area contributed by atoms with Crippen molar-refractivity contribution in [2.24, 2.45) is 0 Å². The SMILES string of the molecule is O=C(Nc1cc(Br)ccc1Cl)c1cccc(I)c1. The van der Waals surface area contributed by atoms with E-state index in [0.717, 1.165) is 8.04 Å². The molecule has 0 bridgehead atoms. The van der Waals surface area contributed by atoms with Crippen LogP contribution in [0.2, 0.25) is 5.02 Å². The van der Waals surface area contributed by atoms with Crippen LogP contribution in [0.3, 0.4) is 0 Å². The fourth-order valence-corrected chi connectivity index (χ4v) is 2.49. The maximum atomic E-state index is 12.0. The van der Waals surface area contributed by atoms with Crippen molar-refractivity contribution in [2.45, 2.75) is 0 Å². The lowest BCUT2D eigenvalue weighted by Gasteiger charge is -2.08. The van der Waals surface area contributed by atoms with Gasteiger partial charge in [-0.1, -0.05) is 33.6 Å². The van der Waals surface area contributed by atoms with Gasteiger partial charge in [0.05, 0.1) is 10.7 Å². The molecule has 0 heterocycles. The van der Waals surface area contributed by atoms with Crippen molar-refractivity contribution in [3.63, 3.8) is 0 Å². The monoisotopic (exact) mass is 435 g/mol. The van der Waals surface area contributed by atoms with Crippen LogP contribution in [0.1, 0.15) is 10.4 Å². The number of carbonyl (C=O) groups excluding carboxylic acids is 1. The van der Waals surface area contributed by atoms with Crippen LogP contribution in [0.25, 0.3) is 0 Å². The maximum Gasteiger partial charge on any atom is 0.255 e. The molecule has 2 nitrogen and oxygen atoms in total. The highest BCUT2D eigenvalue weighted by molar-refractivity contribution is 14.1. The standard InChI is InChI=1S/C13H8BrClINO/c14-9-4-5-11(15)12(7-9)17-13(18)8-2-1-3-10(16)6-8/h1-7H,(H,17,18). The van der Waals surface area contributed by atoms with Gasteiger partial charge in [0.25, 0.3) is 5.91 Å². The Hall–Kier alpha value is -0.590. The molecule has 0 radical (unpaired) electrons. The molecule has 0 aliphatic carbocycles. The van der Waals surface area contributed by atoms with Gasteiger partial charge in [-0.2, -0.15) is 0 Å². The van der Waals surface area contributed by atoms with E-state index in [1.165, 1.54) is 0 Å². The first kappa shape index (κ1) is 13.8. The fourth-order valence-electron chi connectivity index (χ4n) is 1.42. The summed E-state index contributed by atoms with van der Waals surface area (Å²) in [6.07, 6.45) is 0. The Kier molecular flexibility index (Phi) is 4.64. The van der Waals surface area contributed by atoms with Crippen molar-refractivity contribution in [3.05, 3.63) is 61.1 Å². The predicted molar refractivity (Wildman–Crippen MR) is 86.3 cm³/mol. The zero-order valence-corrected chi connectivity index (χ0v) is 13.6. The number of amides is 1. The summed E-state index contributed by atoms with van der Waals surface area (Å²) in [6, 6.07) is 12.7. The number of halogens is 3. The van der Waals surface area contributed by atoms with Crippen LogP contribution in [0.15, 0.2) is 46.9 Å². The number of carbonyl (C=O) groups is 1. The summed E-state index contributed by atoms with van der Waals surface area (Å²) in [4.78, 5) is 12.0. The van der Waals surface area contributed by atoms with Crippen molar-refractivity contribution >= 4 is 61.7 Å². The smallest absolute Gasteiger partial charge is 0.255 e. The summed E-state index contributed by atoms with van der Waals surface area (Å²) in [5, 5.41) is 3.30. The van der Waals surface area contributed by atoms with E-state index in [-0.39, 0.29) is 5.91 Å². The number of nitrogens with one attached hydrogen (secondary N) is 1. The normalized spacial score (nSPS) is 10.2. The van der Waals surface area contributed by atoms with Crippen LogP contribution < -0.4 is 5.32 Å². The van der Waals surface area contributed by atoms with E-state index in [4.69, 9.17) is 11.6 Å². The molecule has 2 aromatic rings. The number of rotatable bonds is 2. The molecule has 0 aromatic heterocycles. The van der Waals surface area contributed by atoms with Crippen LogP contribution in [-0.2, 0) is 0 Å². The fraction of sp³-hybridized carbons (Fsp3) is 0. The quantitative estimate of drug-likeness (QED) is 0.663. The van der Waals surface area contributed by atoms with Crippen LogP contribution in [-0.4, -0.2) is 5.91 Å². The van der Waals surface area contributed by atoms with Gasteiger partial charge in [0.2, 0.25) is 0 Å². The van der Waals surface area contributed by atoms with Crippen molar-refractivity contribution in [1.82, 2.24) is 0 Å². The lowest BCUT2D eigenvalue weighted by atomic mass is 10.2. The number of benzene rings is 2. The number of hydrogen-bond donors (Lipinski definition) is 1. The summed E-state index contributed by atoms with van der Waals surface area (Å²) < 4.78 is 1.88. The molecule has 2 rings (SSSR count). The molecule has 0 aliphatic heterocycles. The average Bonchev–Trinajstić information content (AvgIpc) is 2.34. The summed E-state index contributed by atoms with van der Waals surface area (Å²) >= 11 is 11.5. The van der Waals surface area contributed by atoms with Crippen LogP contribution in [0.4, 0.5) is 5.69 Å². The second kappa shape index (κ2) is 6.04. The summed E-state index contributed by atoms with van der Waals surface area (Å²) in [5.74, 6) is -0.173. The van der Waals surface area contributed by atoms with Crippen LogP contribution in [0, 0.1) is 3.57 Å². The van der Waals surface area contributed by atoms with Gasteiger partial charge in [0.1, 0.15) is 0 Å². The Morgan fingerprint density at radius 2 is 2.00 bits per heavy atom. The Labute approximate surface area is 132 Å². The van der Waals surface area contributed by atoms with Gasteiger partial charge in [-0.15, -0.1) is 0 Å². The van der Waals surface area contributed by atoms with E-state index in [2.05, 4.69) is 43.8 Å². The molecule has 18 heavy (non-hydrogen) atoms. The van der Waals surface area contributed by atoms with Crippen molar-refractivity contribution < 1.29 is 4.79 Å². The molecule has 5 heteroatoms. The Bertz CT molecular complexity index is 603. The highest BCUT2D eigenvalue weighted by atomic mass is 127. The minimum atomic E-state index is -0.173. The third-order valence-corrected chi connectivity index (χ3v) is 3.76. The van der Waals surface area contributed by atoms with Gasteiger partial charge in [-0.05, 0) is 59.0 Å². The van der Waals surface area contributed by atoms with E-state index >= 15 is 0 Å². The van der Waals surface area contributed by atoms with E-state index < -0.39 is 0 Å². The van der Waals surface area contributed by atoms with Crippen molar-refractivity contribution in [3.8, 4) is 0 Å². The molecule has 0 saturated heterocycles. The lowest BCUT2D eigenvalue weighted by molar-refractivity contribution is 0.102. The molecular weight excluding hydrogens is 428 g/mol. The minimum absolute atomic E-state index is 0.173. The van der Waals surface area contributed by atoms with E-state index in [9.17, 15) is 4.79 Å². The number of hydrogen-bond acceptors (Lipinski definition) is 1. The van der Waals surface area contributed by atoms with Gasteiger partial charge in [-0.3, -0.25) is 4.79 Å². The maximum absolute atomic E-state index is 12.0. The largest absolute Gasteiger partial charge is 0.321 e. The third kappa shape index (κ3) is 3.46. The molecular formula is C13H8BrClINO. The van der Waals surface area contributed by atoms with E-state index in [0.29, 0.717) is 16.3 Å². The minimum Gasteiger partial charge on any atom is -0.321 e. The van der Waals surface area contributed by atoms with Crippen molar-refractivity contribution in [2.75, 3.05) is 5.32 Å². The Morgan fingerprint density at radius 3 is 2.72 bits per heavy atom. The topological polar surface area (TPSA) is 29.1 Å².